The first-order valence-corrected chi connectivity index (χ1v) is 7.20. The molecule has 24 heavy (non-hydrogen) atoms. The van der Waals surface area contributed by atoms with Gasteiger partial charge in [0.25, 0.3) is 17.7 Å². The minimum atomic E-state index is -0.527. The van der Waals surface area contributed by atoms with Crippen LogP contribution < -0.4 is 10.2 Å². The zero-order chi connectivity index (χ0) is 17.1. The molecule has 122 valence electrons. The quantitative estimate of drug-likeness (QED) is 0.639. The fraction of sp³-hybridized carbons (Fsp3) is 0.188. The van der Waals surface area contributed by atoms with Crippen LogP contribution in [0.1, 0.15) is 31.3 Å². The van der Waals surface area contributed by atoms with Crippen LogP contribution in [0.5, 0.6) is 0 Å². The molecule has 0 aliphatic carbocycles. The van der Waals surface area contributed by atoms with E-state index in [4.69, 9.17) is 4.74 Å². The number of nitrogens with zero attached hydrogens (tertiary/aromatic N) is 3. The van der Waals surface area contributed by atoms with Gasteiger partial charge in [0.05, 0.1) is 12.3 Å². The maximum absolute atomic E-state index is 12.3. The van der Waals surface area contributed by atoms with E-state index in [0.29, 0.717) is 24.4 Å². The summed E-state index contributed by atoms with van der Waals surface area (Å²) in [5.74, 6) is -1.31. The number of hydrogen-bond donors (Lipinski definition) is 1. The molecule has 8 nitrogen and oxygen atoms in total. The minimum Gasteiger partial charge on any atom is -0.383 e. The standard InChI is InChI=1S/C16H14N4O4/c1-24-9-8-19-14(21)10-2-4-11(5-3-10)20-15(22)12-13(16(20)23)18-7-6-17-12/h2-7H,8-9H2,1H3,(H,19,21). The summed E-state index contributed by atoms with van der Waals surface area (Å²) in [6.07, 6.45) is 2.72. The summed E-state index contributed by atoms with van der Waals surface area (Å²) in [6.45, 7) is 0.811. The molecule has 1 aliphatic rings. The third-order valence-electron chi connectivity index (χ3n) is 3.49. The van der Waals surface area contributed by atoms with E-state index in [2.05, 4.69) is 15.3 Å². The lowest BCUT2D eigenvalue weighted by molar-refractivity contribution is 0.0919. The molecule has 0 spiro atoms. The number of carbonyl (C=O) groups excluding carboxylic acids is 3. The minimum absolute atomic E-state index is 0.0314. The van der Waals surface area contributed by atoms with E-state index in [-0.39, 0.29) is 17.3 Å². The van der Waals surface area contributed by atoms with E-state index in [1.165, 1.54) is 24.5 Å². The average Bonchev–Trinajstić information content (AvgIpc) is 2.87. The molecule has 0 bridgehead atoms. The molecule has 0 unspecified atom stereocenters. The normalized spacial score (nSPS) is 13.1. The summed E-state index contributed by atoms with van der Waals surface area (Å²) < 4.78 is 4.86. The van der Waals surface area contributed by atoms with Gasteiger partial charge in [-0.1, -0.05) is 0 Å². The second-order valence-corrected chi connectivity index (χ2v) is 4.99. The zero-order valence-electron chi connectivity index (χ0n) is 12.9. The number of methoxy groups -OCH3 is 1. The van der Waals surface area contributed by atoms with Gasteiger partial charge < -0.3 is 10.1 Å². The van der Waals surface area contributed by atoms with Crippen molar-refractivity contribution in [3.63, 3.8) is 0 Å². The van der Waals surface area contributed by atoms with Crippen LogP contribution in [-0.4, -0.2) is 48.0 Å². The molecule has 2 heterocycles. The highest BCUT2D eigenvalue weighted by molar-refractivity contribution is 6.33. The van der Waals surface area contributed by atoms with Crippen molar-refractivity contribution < 1.29 is 19.1 Å². The highest BCUT2D eigenvalue weighted by Crippen LogP contribution is 2.25. The van der Waals surface area contributed by atoms with Gasteiger partial charge in [0.1, 0.15) is 0 Å². The number of nitrogens with one attached hydrogen (secondary N) is 1. The van der Waals surface area contributed by atoms with Gasteiger partial charge in [-0.05, 0) is 24.3 Å². The van der Waals surface area contributed by atoms with Gasteiger partial charge in [0.2, 0.25) is 0 Å². The van der Waals surface area contributed by atoms with Crippen LogP contribution in [0.3, 0.4) is 0 Å². The van der Waals surface area contributed by atoms with Crippen LogP contribution in [0.15, 0.2) is 36.7 Å². The molecule has 1 aromatic carbocycles. The first-order valence-electron chi connectivity index (χ1n) is 7.20. The molecular weight excluding hydrogens is 312 g/mol. The number of benzene rings is 1. The third-order valence-corrected chi connectivity index (χ3v) is 3.49. The topological polar surface area (TPSA) is 101 Å². The predicted molar refractivity (Wildman–Crippen MR) is 83.8 cm³/mol. The predicted octanol–water partition coefficient (Wildman–Crippen LogP) is 0.653. The number of fused-ring (bicyclic) bond motifs is 1. The SMILES string of the molecule is COCCNC(=O)c1ccc(N2C(=O)c3nccnc3C2=O)cc1. The monoisotopic (exact) mass is 326 g/mol. The Morgan fingerprint density at radius 2 is 1.67 bits per heavy atom. The molecule has 1 N–H and O–H groups in total. The van der Waals surface area contributed by atoms with Crippen LogP contribution in [0.2, 0.25) is 0 Å². The first-order chi connectivity index (χ1) is 11.6. The summed E-state index contributed by atoms with van der Waals surface area (Å²) in [7, 11) is 1.55. The van der Waals surface area contributed by atoms with Crippen molar-refractivity contribution >= 4 is 23.4 Å². The number of anilines is 1. The Bertz CT molecular complexity index is 769. The van der Waals surface area contributed by atoms with E-state index in [0.717, 1.165) is 4.90 Å². The second-order valence-electron chi connectivity index (χ2n) is 4.99. The van der Waals surface area contributed by atoms with E-state index >= 15 is 0 Å². The van der Waals surface area contributed by atoms with Gasteiger partial charge in [-0.15, -0.1) is 0 Å². The maximum atomic E-state index is 12.3. The first kappa shape index (κ1) is 15.8. The largest absolute Gasteiger partial charge is 0.383 e. The number of ether oxygens (including phenoxy) is 1. The zero-order valence-corrected chi connectivity index (χ0v) is 12.9. The highest BCUT2D eigenvalue weighted by atomic mass is 16.5. The van der Waals surface area contributed by atoms with Crippen molar-refractivity contribution in [2.75, 3.05) is 25.2 Å². The number of carbonyl (C=O) groups is 3. The Kier molecular flexibility index (Phi) is 4.30. The number of rotatable bonds is 5. The molecule has 1 aromatic heterocycles. The molecule has 3 rings (SSSR count). The summed E-state index contributed by atoms with van der Waals surface area (Å²) in [5.41, 5.74) is 0.841. The fourth-order valence-electron chi connectivity index (χ4n) is 2.32. The molecule has 3 amide bonds. The lowest BCUT2D eigenvalue weighted by atomic mass is 10.2. The van der Waals surface area contributed by atoms with Gasteiger partial charge in [0.15, 0.2) is 11.4 Å². The van der Waals surface area contributed by atoms with E-state index in [1.54, 1.807) is 19.2 Å². The number of hydrogen-bond acceptors (Lipinski definition) is 6. The fourth-order valence-corrected chi connectivity index (χ4v) is 2.32. The Hall–Kier alpha value is -3.13. The molecule has 0 atom stereocenters. The van der Waals surface area contributed by atoms with Gasteiger partial charge in [-0.25, -0.2) is 14.9 Å². The number of amides is 3. The summed E-state index contributed by atoms with van der Waals surface area (Å²) in [6, 6.07) is 6.16. The van der Waals surface area contributed by atoms with Crippen molar-refractivity contribution in [3.05, 3.63) is 53.6 Å². The van der Waals surface area contributed by atoms with Crippen LogP contribution in [-0.2, 0) is 4.74 Å². The highest BCUT2D eigenvalue weighted by Gasteiger charge is 2.39. The van der Waals surface area contributed by atoms with Crippen LogP contribution in [0.25, 0.3) is 0 Å². The van der Waals surface area contributed by atoms with Gasteiger partial charge in [0, 0.05) is 31.6 Å². The Balaban J connectivity index is 1.79. The van der Waals surface area contributed by atoms with Crippen LogP contribution in [0.4, 0.5) is 5.69 Å². The van der Waals surface area contributed by atoms with Crippen molar-refractivity contribution in [1.82, 2.24) is 15.3 Å². The number of aromatic nitrogens is 2. The number of imide groups is 1. The molecule has 1 aliphatic heterocycles. The Morgan fingerprint density at radius 1 is 1.08 bits per heavy atom. The van der Waals surface area contributed by atoms with E-state index in [9.17, 15) is 14.4 Å². The summed E-state index contributed by atoms with van der Waals surface area (Å²) in [4.78, 5) is 45.3. The molecule has 0 saturated heterocycles. The Labute approximate surface area is 137 Å². The van der Waals surface area contributed by atoms with Gasteiger partial charge in [-0.2, -0.15) is 0 Å². The molecule has 0 fully saturated rings. The van der Waals surface area contributed by atoms with Crippen molar-refractivity contribution in [2.45, 2.75) is 0 Å². The molecular formula is C16H14N4O4. The maximum Gasteiger partial charge on any atom is 0.286 e. The smallest absolute Gasteiger partial charge is 0.286 e. The van der Waals surface area contributed by atoms with Crippen molar-refractivity contribution in [1.29, 1.82) is 0 Å². The molecule has 8 heteroatoms. The van der Waals surface area contributed by atoms with Gasteiger partial charge in [-0.3, -0.25) is 14.4 Å². The average molecular weight is 326 g/mol. The molecule has 0 saturated carbocycles. The summed E-state index contributed by atoms with van der Waals surface area (Å²) >= 11 is 0. The van der Waals surface area contributed by atoms with Crippen molar-refractivity contribution in [3.8, 4) is 0 Å². The van der Waals surface area contributed by atoms with Crippen LogP contribution in [0, 0.1) is 0 Å². The van der Waals surface area contributed by atoms with E-state index in [1.807, 2.05) is 0 Å². The third kappa shape index (κ3) is 2.74. The second kappa shape index (κ2) is 6.55. The summed E-state index contributed by atoms with van der Waals surface area (Å²) in [5, 5.41) is 2.69. The van der Waals surface area contributed by atoms with E-state index < -0.39 is 11.8 Å². The molecule has 2 aromatic rings. The van der Waals surface area contributed by atoms with Crippen LogP contribution >= 0.6 is 0 Å². The molecule has 0 radical (unpaired) electrons. The lowest BCUT2D eigenvalue weighted by Gasteiger charge is -2.13. The Morgan fingerprint density at radius 3 is 2.21 bits per heavy atom. The van der Waals surface area contributed by atoms with Gasteiger partial charge >= 0.3 is 0 Å². The lowest BCUT2D eigenvalue weighted by Crippen LogP contribution is -2.30. The van der Waals surface area contributed by atoms with Crippen molar-refractivity contribution in [2.24, 2.45) is 0 Å².